The van der Waals surface area contributed by atoms with E-state index < -0.39 is 0 Å². The topological polar surface area (TPSA) is 37.8 Å². The Kier molecular flexibility index (Phi) is 3.66. The van der Waals surface area contributed by atoms with E-state index in [1.165, 1.54) is 25.7 Å². The molecule has 1 saturated carbocycles. The summed E-state index contributed by atoms with van der Waals surface area (Å²) >= 11 is 2.28. The molecule has 0 amide bonds. The fourth-order valence-electron chi connectivity index (χ4n) is 2.43. The summed E-state index contributed by atoms with van der Waals surface area (Å²) in [7, 11) is 0. The predicted octanol–water partition coefficient (Wildman–Crippen LogP) is 3.46. The summed E-state index contributed by atoms with van der Waals surface area (Å²) < 4.78 is 1.10. The zero-order chi connectivity index (χ0) is 11.6. The average Bonchev–Trinajstić information content (AvgIpc) is 2.20. The van der Waals surface area contributed by atoms with Gasteiger partial charge in [-0.25, -0.2) is 9.97 Å². The molecule has 0 bridgehead atoms. The van der Waals surface area contributed by atoms with Gasteiger partial charge in [-0.1, -0.05) is 20.3 Å². The van der Waals surface area contributed by atoms with Crippen molar-refractivity contribution in [3.63, 3.8) is 0 Å². The molecule has 1 heterocycles. The molecule has 2 rings (SSSR count). The first kappa shape index (κ1) is 12.1. The predicted molar refractivity (Wildman–Crippen MR) is 74.4 cm³/mol. The minimum absolute atomic E-state index is 0.467. The normalized spacial score (nSPS) is 24.1. The van der Waals surface area contributed by atoms with Gasteiger partial charge in [0.25, 0.3) is 0 Å². The van der Waals surface area contributed by atoms with E-state index in [1.54, 1.807) is 6.33 Å². The zero-order valence-corrected chi connectivity index (χ0v) is 12.0. The molecule has 88 valence electrons. The summed E-state index contributed by atoms with van der Waals surface area (Å²) in [5.41, 5.74) is 0.467. The van der Waals surface area contributed by atoms with Crippen molar-refractivity contribution in [1.82, 2.24) is 9.97 Å². The van der Waals surface area contributed by atoms with Crippen LogP contribution >= 0.6 is 22.6 Å². The lowest BCUT2D eigenvalue weighted by Gasteiger charge is -2.35. The fourth-order valence-corrected chi connectivity index (χ4v) is 2.89. The molecule has 16 heavy (non-hydrogen) atoms. The van der Waals surface area contributed by atoms with Crippen molar-refractivity contribution in [2.24, 2.45) is 5.41 Å². The van der Waals surface area contributed by atoms with E-state index in [9.17, 15) is 0 Å². The average molecular weight is 331 g/mol. The van der Waals surface area contributed by atoms with E-state index in [0.717, 1.165) is 9.39 Å². The van der Waals surface area contributed by atoms with Crippen molar-refractivity contribution in [3.05, 3.63) is 16.1 Å². The van der Waals surface area contributed by atoms with Crippen LogP contribution in [0.15, 0.2) is 12.5 Å². The summed E-state index contributed by atoms with van der Waals surface area (Å²) in [6, 6.07) is 0.562. The van der Waals surface area contributed by atoms with E-state index >= 15 is 0 Å². The summed E-state index contributed by atoms with van der Waals surface area (Å²) in [6.45, 7) is 4.71. The second-order valence-electron chi connectivity index (χ2n) is 5.32. The number of aromatic nitrogens is 2. The van der Waals surface area contributed by atoms with Crippen molar-refractivity contribution in [2.75, 3.05) is 5.32 Å². The Morgan fingerprint density at radius 2 is 2.31 bits per heavy atom. The summed E-state index contributed by atoms with van der Waals surface area (Å²) in [6.07, 6.45) is 8.59. The molecule has 1 aromatic rings. The van der Waals surface area contributed by atoms with Crippen LogP contribution in [0.4, 0.5) is 5.82 Å². The van der Waals surface area contributed by atoms with Gasteiger partial charge in [-0.05, 0) is 47.3 Å². The Morgan fingerprint density at radius 1 is 1.50 bits per heavy atom. The van der Waals surface area contributed by atoms with Crippen LogP contribution in [-0.2, 0) is 0 Å². The van der Waals surface area contributed by atoms with Gasteiger partial charge in [-0.3, -0.25) is 0 Å². The number of hydrogen-bond acceptors (Lipinski definition) is 3. The largest absolute Gasteiger partial charge is 0.366 e. The molecule has 1 aliphatic carbocycles. The molecule has 1 fully saturated rings. The number of halogens is 1. The van der Waals surface area contributed by atoms with E-state index in [0.29, 0.717) is 11.5 Å². The SMILES string of the molecule is CC1(C)CCCC(Nc2ncncc2I)C1. The molecule has 0 aromatic carbocycles. The molecule has 0 radical (unpaired) electrons. The van der Waals surface area contributed by atoms with Crippen molar-refractivity contribution in [2.45, 2.75) is 45.6 Å². The highest BCUT2D eigenvalue weighted by Gasteiger charge is 2.28. The Labute approximate surface area is 111 Å². The van der Waals surface area contributed by atoms with Crippen LogP contribution in [0.5, 0.6) is 0 Å². The van der Waals surface area contributed by atoms with Gasteiger partial charge in [-0.15, -0.1) is 0 Å². The Hall–Kier alpha value is -0.390. The number of rotatable bonds is 2. The van der Waals surface area contributed by atoms with Crippen molar-refractivity contribution >= 4 is 28.4 Å². The van der Waals surface area contributed by atoms with E-state index in [2.05, 4.69) is 51.7 Å². The smallest absolute Gasteiger partial charge is 0.143 e. The fraction of sp³-hybridized carbons (Fsp3) is 0.667. The van der Waals surface area contributed by atoms with Gasteiger partial charge >= 0.3 is 0 Å². The molecule has 0 saturated heterocycles. The quantitative estimate of drug-likeness (QED) is 0.844. The van der Waals surface area contributed by atoms with Gasteiger partial charge in [0.15, 0.2) is 0 Å². The Morgan fingerprint density at radius 3 is 3.00 bits per heavy atom. The lowest BCUT2D eigenvalue weighted by atomic mass is 9.75. The monoisotopic (exact) mass is 331 g/mol. The zero-order valence-electron chi connectivity index (χ0n) is 9.83. The standard InChI is InChI=1S/C12H18IN3/c1-12(2)5-3-4-9(6-12)16-11-10(13)7-14-8-15-11/h7-9H,3-6H2,1-2H3,(H,14,15,16). The van der Waals surface area contributed by atoms with Crippen LogP contribution in [0, 0.1) is 8.99 Å². The second kappa shape index (κ2) is 4.85. The highest BCUT2D eigenvalue weighted by atomic mass is 127. The van der Waals surface area contributed by atoms with Gasteiger partial charge in [0.2, 0.25) is 0 Å². The molecule has 1 atom stereocenters. The first-order valence-corrected chi connectivity index (χ1v) is 6.87. The van der Waals surface area contributed by atoms with Crippen LogP contribution in [0.3, 0.4) is 0 Å². The van der Waals surface area contributed by atoms with E-state index in [4.69, 9.17) is 0 Å². The van der Waals surface area contributed by atoms with Crippen LogP contribution in [0.2, 0.25) is 0 Å². The van der Waals surface area contributed by atoms with E-state index in [-0.39, 0.29) is 0 Å². The van der Waals surface area contributed by atoms with Crippen molar-refractivity contribution in [3.8, 4) is 0 Å². The maximum atomic E-state index is 4.29. The molecular formula is C12H18IN3. The van der Waals surface area contributed by atoms with Gasteiger partial charge in [-0.2, -0.15) is 0 Å². The molecule has 1 aliphatic rings. The van der Waals surface area contributed by atoms with Crippen LogP contribution in [-0.4, -0.2) is 16.0 Å². The van der Waals surface area contributed by atoms with Gasteiger partial charge < -0.3 is 5.32 Å². The molecule has 0 aliphatic heterocycles. The third kappa shape index (κ3) is 3.06. The van der Waals surface area contributed by atoms with Crippen LogP contribution < -0.4 is 5.32 Å². The molecule has 1 unspecified atom stereocenters. The molecule has 4 heteroatoms. The van der Waals surface area contributed by atoms with Crippen LogP contribution in [0.1, 0.15) is 39.5 Å². The number of nitrogens with zero attached hydrogens (tertiary/aromatic N) is 2. The maximum absolute atomic E-state index is 4.29. The molecule has 3 nitrogen and oxygen atoms in total. The summed E-state index contributed by atoms with van der Waals surface area (Å²) in [5.74, 6) is 0.985. The van der Waals surface area contributed by atoms with Gasteiger partial charge in [0.1, 0.15) is 12.1 Å². The number of hydrogen-bond donors (Lipinski definition) is 1. The lowest BCUT2D eigenvalue weighted by Crippen LogP contribution is -2.32. The van der Waals surface area contributed by atoms with Crippen molar-refractivity contribution in [1.29, 1.82) is 0 Å². The Bertz CT molecular complexity index is 365. The molecule has 1 N–H and O–H groups in total. The first-order chi connectivity index (χ1) is 7.57. The summed E-state index contributed by atoms with van der Waals surface area (Å²) in [5, 5.41) is 3.55. The number of anilines is 1. The number of nitrogens with one attached hydrogen (secondary N) is 1. The summed E-state index contributed by atoms with van der Waals surface area (Å²) in [4.78, 5) is 8.30. The van der Waals surface area contributed by atoms with E-state index in [1.807, 2.05) is 6.20 Å². The van der Waals surface area contributed by atoms with Crippen molar-refractivity contribution < 1.29 is 0 Å². The van der Waals surface area contributed by atoms with Gasteiger partial charge in [0, 0.05) is 12.2 Å². The third-order valence-corrected chi connectivity index (χ3v) is 4.00. The maximum Gasteiger partial charge on any atom is 0.143 e. The minimum Gasteiger partial charge on any atom is -0.366 e. The minimum atomic E-state index is 0.467. The third-order valence-electron chi connectivity index (χ3n) is 3.21. The first-order valence-electron chi connectivity index (χ1n) is 5.79. The lowest BCUT2D eigenvalue weighted by molar-refractivity contribution is 0.229. The highest BCUT2D eigenvalue weighted by Crippen LogP contribution is 2.36. The highest BCUT2D eigenvalue weighted by molar-refractivity contribution is 14.1. The molecule has 1 aromatic heterocycles. The van der Waals surface area contributed by atoms with Crippen LogP contribution in [0.25, 0.3) is 0 Å². The molecular weight excluding hydrogens is 313 g/mol. The second-order valence-corrected chi connectivity index (χ2v) is 6.48. The van der Waals surface area contributed by atoms with Gasteiger partial charge in [0.05, 0.1) is 3.57 Å². The molecule has 0 spiro atoms. The Balaban J connectivity index is 2.02.